The Morgan fingerprint density at radius 2 is 1.25 bits per heavy atom. The Labute approximate surface area is 256 Å². The van der Waals surface area contributed by atoms with Gasteiger partial charge in [0.05, 0.1) is 39.1 Å². The number of carbonyl (C=O) groups excluding carboxylic acids is 2. The lowest BCUT2D eigenvalue weighted by molar-refractivity contribution is -0.120. The number of hydrogen-bond donors (Lipinski definition) is 4. The molecule has 0 spiro atoms. The molecule has 236 valence electrons. The fourth-order valence-electron chi connectivity index (χ4n) is 4.57. The molecule has 3 aromatic rings. The average molecular weight is 665 g/mol. The quantitative estimate of drug-likeness (QED) is 0.232. The van der Waals surface area contributed by atoms with Crippen molar-refractivity contribution in [2.75, 3.05) is 20.5 Å². The van der Waals surface area contributed by atoms with E-state index in [1.54, 1.807) is 12.1 Å². The van der Waals surface area contributed by atoms with Gasteiger partial charge in [0, 0.05) is 32.6 Å². The Bertz CT molecular complexity index is 1840. The third kappa shape index (κ3) is 7.93. The molecule has 0 radical (unpaired) electrons. The van der Waals surface area contributed by atoms with Gasteiger partial charge >= 0.3 is 0 Å². The number of benzene rings is 3. The zero-order valence-electron chi connectivity index (χ0n) is 23.8. The summed E-state index contributed by atoms with van der Waals surface area (Å²) in [5.41, 5.74) is 1.45. The molecule has 1 fully saturated rings. The molecule has 13 nitrogen and oxygen atoms in total. The van der Waals surface area contributed by atoms with Gasteiger partial charge in [0.1, 0.15) is 0 Å². The second-order valence-corrected chi connectivity index (χ2v) is 15.9. The van der Waals surface area contributed by atoms with Gasteiger partial charge in [0.25, 0.3) is 20.0 Å². The minimum atomic E-state index is -4.42. The number of amides is 2. The summed E-state index contributed by atoms with van der Waals surface area (Å²) in [7, 11) is -12.2. The van der Waals surface area contributed by atoms with Crippen LogP contribution < -0.4 is 19.7 Å². The maximum atomic E-state index is 13.9. The molecule has 0 saturated carbocycles. The van der Waals surface area contributed by atoms with Crippen LogP contribution in [0.25, 0.3) is 0 Å². The smallest absolute Gasteiger partial charge is 0.264 e. The zero-order valence-corrected chi connectivity index (χ0v) is 26.2. The lowest BCUT2D eigenvalue weighted by atomic mass is 10.2. The molecule has 0 unspecified atom stereocenters. The van der Waals surface area contributed by atoms with Gasteiger partial charge in [-0.15, -0.1) is 0 Å². The van der Waals surface area contributed by atoms with Crippen LogP contribution in [0.2, 0.25) is 0 Å². The molecule has 0 bridgehead atoms. The van der Waals surface area contributed by atoms with Crippen LogP contribution >= 0.6 is 0 Å². The molecule has 0 aromatic heterocycles. The monoisotopic (exact) mass is 664 g/mol. The maximum Gasteiger partial charge on any atom is 0.264 e. The Kier molecular flexibility index (Phi) is 9.68. The van der Waals surface area contributed by atoms with Crippen molar-refractivity contribution in [3.8, 4) is 0 Å². The van der Waals surface area contributed by atoms with Crippen LogP contribution in [0.4, 0.5) is 11.4 Å². The maximum absolute atomic E-state index is 13.9. The largest absolute Gasteiger partial charge is 0.390 e. The summed E-state index contributed by atoms with van der Waals surface area (Å²) in [4.78, 5) is 22.1. The third-order valence-corrected chi connectivity index (χ3v) is 11.7. The minimum Gasteiger partial charge on any atom is -0.390 e. The summed E-state index contributed by atoms with van der Waals surface area (Å²) in [6, 6.07) is 15.5. The van der Waals surface area contributed by atoms with Gasteiger partial charge in [-0.3, -0.25) is 18.6 Å². The summed E-state index contributed by atoms with van der Waals surface area (Å²) in [6.07, 6.45) is -1.50. The Hall–Kier alpha value is -3.99. The van der Waals surface area contributed by atoms with Gasteiger partial charge in [-0.05, 0) is 59.7 Å². The van der Waals surface area contributed by atoms with E-state index in [9.17, 15) is 39.9 Å². The summed E-state index contributed by atoms with van der Waals surface area (Å²) >= 11 is 0. The van der Waals surface area contributed by atoms with E-state index in [-0.39, 0.29) is 46.1 Å². The fourth-order valence-corrected chi connectivity index (χ4v) is 9.17. The Morgan fingerprint density at radius 3 is 1.68 bits per heavy atom. The summed E-state index contributed by atoms with van der Waals surface area (Å²) < 4.78 is 81.6. The van der Waals surface area contributed by atoms with E-state index < -0.39 is 53.5 Å². The number of rotatable bonds is 11. The predicted molar refractivity (Wildman–Crippen MR) is 163 cm³/mol. The van der Waals surface area contributed by atoms with Gasteiger partial charge in [-0.25, -0.2) is 25.3 Å². The van der Waals surface area contributed by atoms with Crippen LogP contribution in [0.15, 0.2) is 82.6 Å². The van der Waals surface area contributed by atoms with Gasteiger partial charge in [-0.2, -0.15) is 0 Å². The normalized spacial score (nSPS) is 17.9. The summed E-state index contributed by atoms with van der Waals surface area (Å²) in [5.74, 6) is -1.70. The topological polar surface area (TPSA) is 196 Å². The van der Waals surface area contributed by atoms with Crippen LogP contribution in [-0.2, 0) is 52.6 Å². The zero-order chi connectivity index (χ0) is 32.3. The van der Waals surface area contributed by atoms with Crippen LogP contribution in [0.3, 0.4) is 0 Å². The van der Waals surface area contributed by atoms with Crippen molar-refractivity contribution >= 4 is 53.1 Å². The lowest BCUT2D eigenvalue weighted by Gasteiger charge is -2.31. The number of nitrogens with zero attached hydrogens (tertiary/aromatic N) is 1. The van der Waals surface area contributed by atoms with Crippen LogP contribution in [0, 0.1) is 0 Å². The SMILES string of the molecule is CC(=O)NCc1ccc(S(=O)(=O)Nc2ccc(N([C@@H]3CS(=O)(=O)C[C@H]3O)S(=O)(=O)c3ccc(CNC(C)=O)cc3)cc2)cc1. The van der Waals surface area contributed by atoms with Crippen molar-refractivity contribution in [3.63, 3.8) is 0 Å². The predicted octanol–water partition coefficient (Wildman–Crippen LogP) is 1.11. The molecule has 1 aliphatic rings. The van der Waals surface area contributed by atoms with Crippen LogP contribution in [-0.4, -0.2) is 65.8 Å². The molecule has 4 N–H and O–H groups in total. The highest BCUT2D eigenvalue weighted by molar-refractivity contribution is 7.93. The number of aliphatic hydroxyl groups excluding tert-OH is 1. The molecule has 3 aromatic carbocycles. The molecule has 1 saturated heterocycles. The van der Waals surface area contributed by atoms with Gasteiger partial charge in [0.2, 0.25) is 11.8 Å². The van der Waals surface area contributed by atoms with E-state index in [0.29, 0.717) is 11.1 Å². The number of nitrogens with one attached hydrogen (secondary N) is 3. The first-order chi connectivity index (χ1) is 20.6. The standard InChI is InChI=1S/C28H32N4O9S3/c1-19(33)29-15-21-3-11-25(12-4-21)43(38,39)31-23-7-9-24(10-8-23)32(27-17-42(36,37)18-28(27)35)44(40,41)26-13-5-22(6-14-26)16-30-20(2)34/h3-14,27-28,31,35H,15-18H2,1-2H3,(H,29,33)(H,30,34)/t27-,28-/m1/s1. The number of anilines is 2. The number of carbonyl (C=O) groups is 2. The molecule has 44 heavy (non-hydrogen) atoms. The van der Waals surface area contributed by atoms with Crippen molar-refractivity contribution in [3.05, 3.63) is 83.9 Å². The van der Waals surface area contributed by atoms with Crippen molar-refractivity contribution in [2.45, 2.75) is 48.9 Å². The molecule has 4 rings (SSSR count). The highest BCUT2D eigenvalue weighted by atomic mass is 32.2. The van der Waals surface area contributed by atoms with Gasteiger partial charge in [0.15, 0.2) is 9.84 Å². The number of hydrogen-bond acceptors (Lipinski definition) is 9. The first kappa shape index (κ1) is 32.9. The van der Waals surface area contributed by atoms with Gasteiger partial charge < -0.3 is 15.7 Å². The summed E-state index contributed by atoms with van der Waals surface area (Å²) in [5, 5.41) is 15.8. The first-order valence-corrected chi connectivity index (χ1v) is 18.0. The van der Waals surface area contributed by atoms with E-state index in [1.165, 1.54) is 74.5 Å². The van der Waals surface area contributed by atoms with E-state index in [1.807, 2.05) is 0 Å². The molecular weight excluding hydrogens is 633 g/mol. The Morgan fingerprint density at radius 1 is 0.773 bits per heavy atom. The van der Waals surface area contributed by atoms with E-state index in [4.69, 9.17) is 0 Å². The number of aliphatic hydroxyl groups is 1. The molecule has 1 aliphatic heterocycles. The molecule has 2 atom stereocenters. The second-order valence-electron chi connectivity index (χ2n) is 10.3. The van der Waals surface area contributed by atoms with E-state index in [2.05, 4.69) is 15.4 Å². The molecular formula is C28H32N4O9S3. The van der Waals surface area contributed by atoms with Crippen molar-refractivity contribution < 1.29 is 39.9 Å². The third-order valence-electron chi connectivity index (χ3n) is 6.77. The number of sulfone groups is 1. The molecule has 1 heterocycles. The van der Waals surface area contributed by atoms with Crippen molar-refractivity contribution in [1.29, 1.82) is 0 Å². The second kappa shape index (κ2) is 12.9. The Balaban J connectivity index is 1.61. The average Bonchev–Trinajstić information content (AvgIpc) is 3.23. The van der Waals surface area contributed by atoms with E-state index >= 15 is 0 Å². The van der Waals surface area contributed by atoms with Crippen LogP contribution in [0.5, 0.6) is 0 Å². The first-order valence-electron chi connectivity index (χ1n) is 13.3. The molecule has 16 heteroatoms. The minimum absolute atomic E-state index is 0.0127. The van der Waals surface area contributed by atoms with Gasteiger partial charge in [-0.1, -0.05) is 24.3 Å². The van der Waals surface area contributed by atoms with Crippen molar-refractivity contribution in [2.24, 2.45) is 0 Å². The lowest BCUT2D eigenvalue weighted by Crippen LogP contribution is -2.47. The van der Waals surface area contributed by atoms with Crippen molar-refractivity contribution in [1.82, 2.24) is 10.6 Å². The van der Waals surface area contributed by atoms with Crippen LogP contribution in [0.1, 0.15) is 25.0 Å². The fraction of sp³-hybridized carbons (Fsp3) is 0.286. The highest BCUT2D eigenvalue weighted by Crippen LogP contribution is 2.32. The number of sulfonamides is 2. The molecule has 2 amide bonds. The summed E-state index contributed by atoms with van der Waals surface area (Å²) in [6.45, 7) is 3.14. The highest BCUT2D eigenvalue weighted by Gasteiger charge is 2.45. The molecule has 0 aliphatic carbocycles. The van der Waals surface area contributed by atoms with E-state index in [0.717, 1.165) is 4.31 Å².